The number of aliphatic carboxylic acids is 1. The van der Waals surface area contributed by atoms with Gasteiger partial charge in [-0.3, -0.25) is 4.79 Å². The van der Waals surface area contributed by atoms with Crippen molar-refractivity contribution >= 4 is 23.5 Å². The zero-order valence-corrected chi connectivity index (χ0v) is 19.3. The molecular weight excluding hydrogens is 463 g/mol. The number of carboxylic acids is 1. The van der Waals surface area contributed by atoms with Crippen LogP contribution in [0.4, 0.5) is 4.39 Å². The number of benzene rings is 2. The number of hydrogen-bond donors (Lipinski definition) is 1. The summed E-state index contributed by atoms with van der Waals surface area (Å²) in [6.45, 7) is 0.289. The molecule has 9 heteroatoms. The van der Waals surface area contributed by atoms with Crippen LogP contribution in [-0.4, -0.2) is 53.7 Å². The number of methoxy groups -OCH3 is 2. The molecule has 1 fully saturated rings. The molecule has 0 radical (unpaired) electrons. The summed E-state index contributed by atoms with van der Waals surface area (Å²) in [6, 6.07) is 11.8. The lowest BCUT2D eigenvalue weighted by Crippen LogP contribution is -2.40. The summed E-state index contributed by atoms with van der Waals surface area (Å²) in [4.78, 5) is 30.4. The molecule has 3 aromatic rings. The van der Waals surface area contributed by atoms with Crippen molar-refractivity contribution in [2.45, 2.75) is 18.9 Å². The van der Waals surface area contributed by atoms with Gasteiger partial charge in [-0.2, -0.15) is 4.98 Å². The molecule has 1 atom stereocenters. The molecule has 0 saturated carbocycles. The third-order valence-corrected chi connectivity index (χ3v) is 6.14. The van der Waals surface area contributed by atoms with Crippen molar-refractivity contribution in [2.75, 3.05) is 20.8 Å². The van der Waals surface area contributed by atoms with E-state index in [0.29, 0.717) is 40.4 Å². The molecule has 1 aliphatic rings. The van der Waals surface area contributed by atoms with Crippen molar-refractivity contribution in [2.24, 2.45) is 0 Å². The Labute approximate surface area is 200 Å². The van der Waals surface area contributed by atoms with Crippen LogP contribution in [0.5, 0.6) is 11.8 Å². The highest BCUT2D eigenvalue weighted by atomic mass is 35.5. The molecule has 2 aromatic carbocycles. The molecule has 1 aliphatic heterocycles. The van der Waals surface area contributed by atoms with Crippen LogP contribution < -0.4 is 9.47 Å². The van der Waals surface area contributed by atoms with E-state index in [1.54, 1.807) is 36.4 Å². The summed E-state index contributed by atoms with van der Waals surface area (Å²) in [6.07, 6.45) is 0.920. The monoisotopic (exact) mass is 484 g/mol. The van der Waals surface area contributed by atoms with Crippen molar-refractivity contribution in [3.05, 3.63) is 64.9 Å². The minimum absolute atomic E-state index is 0.0322. The molecule has 0 bridgehead atoms. The second-order valence-corrected chi connectivity index (χ2v) is 8.17. The average Bonchev–Trinajstić information content (AvgIpc) is 3.33. The maximum atomic E-state index is 15.8. The van der Waals surface area contributed by atoms with Crippen LogP contribution in [0.2, 0.25) is 5.02 Å². The first-order chi connectivity index (χ1) is 16.3. The van der Waals surface area contributed by atoms with E-state index in [-0.39, 0.29) is 23.6 Å². The first-order valence-corrected chi connectivity index (χ1v) is 10.9. The molecule has 0 spiro atoms. The lowest BCUT2D eigenvalue weighted by atomic mass is 9.92. The molecule has 4 rings (SSSR count). The number of carboxylic acid groups (broad SMARTS) is 1. The van der Waals surface area contributed by atoms with E-state index in [9.17, 15) is 14.7 Å². The minimum Gasteiger partial charge on any atom is -0.481 e. The maximum Gasteiger partial charge on any atom is 0.326 e. The normalized spacial score (nSPS) is 15.3. The van der Waals surface area contributed by atoms with E-state index >= 15 is 4.39 Å². The largest absolute Gasteiger partial charge is 0.481 e. The molecule has 0 aliphatic carbocycles. The van der Waals surface area contributed by atoms with Crippen LogP contribution in [0, 0.1) is 5.82 Å². The lowest BCUT2D eigenvalue weighted by molar-refractivity contribution is -0.141. The third-order valence-electron chi connectivity index (χ3n) is 5.81. The number of aromatic nitrogens is 1. The summed E-state index contributed by atoms with van der Waals surface area (Å²) in [5.41, 5.74) is 1.38. The number of carbonyl (C=O) groups is 2. The minimum atomic E-state index is -1.08. The number of carbonyl (C=O) groups excluding carboxylic acids is 1. The number of rotatable bonds is 6. The fourth-order valence-electron chi connectivity index (χ4n) is 4.21. The molecule has 1 unspecified atom stereocenters. The number of halogens is 2. The molecule has 1 N–H and O–H groups in total. The summed E-state index contributed by atoms with van der Waals surface area (Å²) < 4.78 is 26.3. The summed E-state index contributed by atoms with van der Waals surface area (Å²) in [7, 11) is 2.87. The topological polar surface area (TPSA) is 89.0 Å². The first kappa shape index (κ1) is 23.5. The number of amides is 1. The highest BCUT2D eigenvalue weighted by Gasteiger charge is 2.35. The molecule has 1 saturated heterocycles. The van der Waals surface area contributed by atoms with E-state index in [0.717, 1.165) is 6.07 Å². The molecule has 176 valence electrons. The molecule has 2 heterocycles. The number of ether oxygens (including phenoxy) is 2. The van der Waals surface area contributed by atoms with Crippen molar-refractivity contribution < 1.29 is 28.6 Å². The lowest BCUT2D eigenvalue weighted by Gasteiger charge is -2.23. The average molecular weight is 485 g/mol. The second-order valence-electron chi connectivity index (χ2n) is 7.77. The highest BCUT2D eigenvalue weighted by Crippen LogP contribution is 2.42. The molecule has 1 aromatic heterocycles. The predicted molar refractivity (Wildman–Crippen MR) is 125 cm³/mol. The highest BCUT2D eigenvalue weighted by molar-refractivity contribution is 6.33. The summed E-state index contributed by atoms with van der Waals surface area (Å²) in [5, 5.41) is 9.84. The van der Waals surface area contributed by atoms with Gasteiger partial charge in [0, 0.05) is 39.9 Å². The molecule has 1 amide bonds. The third kappa shape index (κ3) is 4.28. The van der Waals surface area contributed by atoms with Crippen molar-refractivity contribution in [3.63, 3.8) is 0 Å². The van der Waals surface area contributed by atoms with Gasteiger partial charge in [-0.25, -0.2) is 9.18 Å². The van der Waals surface area contributed by atoms with Crippen LogP contribution in [0.1, 0.15) is 23.2 Å². The van der Waals surface area contributed by atoms with Gasteiger partial charge < -0.3 is 19.5 Å². The predicted octanol–water partition coefficient (Wildman–Crippen LogP) is 4.91. The van der Waals surface area contributed by atoms with Crippen LogP contribution >= 0.6 is 11.6 Å². The Morgan fingerprint density at radius 1 is 1.09 bits per heavy atom. The van der Waals surface area contributed by atoms with E-state index in [1.165, 1.54) is 25.2 Å². The Morgan fingerprint density at radius 3 is 2.53 bits per heavy atom. The van der Waals surface area contributed by atoms with Crippen molar-refractivity contribution in [3.8, 4) is 34.0 Å². The fourth-order valence-corrected chi connectivity index (χ4v) is 4.45. The van der Waals surface area contributed by atoms with E-state index in [4.69, 9.17) is 21.1 Å². The SMILES string of the molecule is COc1ccc(-c2c(F)cc(C(=O)N3CCCC3C(=O)O)cc2-c2ccccc2Cl)c(OC)n1. The van der Waals surface area contributed by atoms with Gasteiger partial charge in [-0.05, 0) is 42.7 Å². The Morgan fingerprint density at radius 2 is 1.85 bits per heavy atom. The number of hydrogen-bond acceptors (Lipinski definition) is 5. The zero-order valence-electron chi connectivity index (χ0n) is 18.5. The number of pyridine rings is 1. The van der Waals surface area contributed by atoms with Crippen LogP contribution in [0.25, 0.3) is 22.3 Å². The van der Waals surface area contributed by atoms with Crippen LogP contribution in [0.15, 0.2) is 48.5 Å². The Hall–Kier alpha value is -3.65. The Kier molecular flexibility index (Phi) is 6.70. The second kappa shape index (κ2) is 9.69. The quantitative estimate of drug-likeness (QED) is 0.534. The van der Waals surface area contributed by atoms with Gasteiger partial charge in [0.2, 0.25) is 11.8 Å². The van der Waals surface area contributed by atoms with Gasteiger partial charge in [0.15, 0.2) is 0 Å². The van der Waals surface area contributed by atoms with E-state index < -0.39 is 23.7 Å². The van der Waals surface area contributed by atoms with Crippen molar-refractivity contribution in [1.29, 1.82) is 0 Å². The maximum absolute atomic E-state index is 15.8. The number of nitrogens with zero attached hydrogens (tertiary/aromatic N) is 2. The van der Waals surface area contributed by atoms with Gasteiger partial charge in [0.25, 0.3) is 5.91 Å². The fraction of sp³-hybridized carbons (Fsp3) is 0.240. The van der Waals surface area contributed by atoms with Gasteiger partial charge in [0.1, 0.15) is 11.9 Å². The van der Waals surface area contributed by atoms with Crippen molar-refractivity contribution in [1.82, 2.24) is 9.88 Å². The molecule has 34 heavy (non-hydrogen) atoms. The summed E-state index contributed by atoms with van der Waals surface area (Å²) in [5.74, 6) is -1.90. The van der Waals surface area contributed by atoms with Gasteiger partial charge in [-0.1, -0.05) is 29.8 Å². The van der Waals surface area contributed by atoms with Gasteiger partial charge in [-0.15, -0.1) is 0 Å². The van der Waals surface area contributed by atoms with E-state index in [2.05, 4.69) is 4.98 Å². The number of likely N-dealkylation sites (tertiary alicyclic amines) is 1. The molecular formula is C25H22ClFN2O5. The van der Waals surface area contributed by atoms with Gasteiger partial charge in [0.05, 0.1) is 14.2 Å². The molecule has 7 nitrogen and oxygen atoms in total. The Balaban J connectivity index is 1.93. The zero-order chi connectivity index (χ0) is 24.4. The first-order valence-electron chi connectivity index (χ1n) is 10.6. The summed E-state index contributed by atoms with van der Waals surface area (Å²) >= 11 is 6.45. The van der Waals surface area contributed by atoms with E-state index in [1.807, 2.05) is 0 Å². The van der Waals surface area contributed by atoms with Crippen LogP contribution in [0.3, 0.4) is 0 Å². The Bertz CT molecular complexity index is 1270. The smallest absolute Gasteiger partial charge is 0.326 e. The standard InChI is InChI=1S/C25H22ClFN2O5/c1-33-21-10-9-16(23(28-21)34-2)22-17(15-6-3-4-7-18(15)26)12-14(13-19(22)27)24(30)29-11-5-8-20(29)25(31)32/h3-4,6-7,9-10,12-13,20H,5,8,11H2,1-2H3,(H,31,32). The van der Waals surface area contributed by atoms with Crippen LogP contribution in [-0.2, 0) is 4.79 Å². The van der Waals surface area contributed by atoms with Gasteiger partial charge >= 0.3 is 5.97 Å².